The fraction of sp³-hybridized carbons (Fsp3) is 0.583. The lowest BCUT2D eigenvalue weighted by atomic mass is 10.2. The first kappa shape index (κ1) is 12.5. The van der Waals surface area contributed by atoms with Gasteiger partial charge in [0.25, 0.3) is 0 Å². The molecule has 0 radical (unpaired) electrons. The van der Waals surface area contributed by atoms with Gasteiger partial charge in [0, 0.05) is 11.8 Å². The second-order valence-electron chi connectivity index (χ2n) is 4.06. The van der Waals surface area contributed by atoms with Crippen LogP contribution >= 0.6 is 11.8 Å². The lowest BCUT2D eigenvalue weighted by Crippen LogP contribution is -2.22. The molecule has 94 valence electrons. The molecule has 1 unspecified atom stereocenters. The van der Waals surface area contributed by atoms with Crippen LogP contribution in [0.2, 0.25) is 0 Å². The molecule has 0 saturated carbocycles. The molecule has 2 rings (SSSR count). The van der Waals surface area contributed by atoms with E-state index in [2.05, 4.69) is 10.1 Å². The van der Waals surface area contributed by atoms with Crippen molar-refractivity contribution < 1.29 is 13.9 Å². The van der Waals surface area contributed by atoms with E-state index in [-0.39, 0.29) is 5.97 Å². The predicted molar refractivity (Wildman–Crippen MR) is 67.2 cm³/mol. The number of carbonyl (C=O) groups is 1. The van der Waals surface area contributed by atoms with Crippen LogP contribution in [0.15, 0.2) is 16.7 Å². The van der Waals surface area contributed by atoms with E-state index in [0.717, 1.165) is 17.6 Å². The maximum absolute atomic E-state index is 11.2. The molecule has 0 aliphatic carbocycles. The highest BCUT2D eigenvalue weighted by Crippen LogP contribution is 2.25. The van der Waals surface area contributed by atoms with Gasteiger partial charge >= 0.3 is 5.97 Å². The molecule has 17 heavy (non-hydrogen) atoms. The molecule has 1 aliphatic heterocycles. The molecule has 1 saturated heterocycles. The Morgan fingerprint density at radius 2 is 2.59 bits per heavy atom. The number of hydrogen-bond acceptors (Lipinski definition) is 5. The monoisotopic (exact) mass is 255 g/mol. The van der Waals surface area contributed by atoms with Crippen molar-refractivity contribution in [3.8, 4) is 0 Å². The molecule has 0 bridgehead atoms. The zero-order valence-electron chi connectivity index (χ0n) is 9.90. The smallest absolute Gasteiger partial charge is 0.341 e. The van der Waals surface area contributed by atoms with Crippen LogP contribution in [0.1, 0.15) is 29.0 Å². The van der Waals surface area contributed by atoms with Crippen molar-refractivity contribution in [2.24, 2.45) is 0 Å². The van der Waals surface area contributed by atoms with Crippen LogP contribution in [0.5, 0.6) is 0 Å². The number of esters is 1. The molecule has 2 heterocycles. The van der Waals surface area contributed by atoms with Crippen LogP contribution < -0.4 is 5.32 Å². The van der Waals surface area contributed by atoms with Gasteiger partial charge in [-0.05, 0) is 24.7 Å². The fourth-order valence-corrected chi connectivity index (χ4v) is 3.10. The lowest BCUT2D eigenvalue weighted by Gasteiger charge is -2.08. The van der Waals surface area contributed by atoms with E-state index in [9.17, 15) is 4.79 Å². The first-order valence-electron chi connectivity index (χ1n) is 5.77. The number of rotatable bonds is 5. The van der Waals surface area contributed by atoms with E-state index in [0.29, 0.717) is 12.1 Å². The first-order valence-corrected chi connectivity index (χ1v) is 6.82. The highest BCUT2D eigenvalue weighted by Gasteiger charge is 2.15. The summed E-state index contributed by atoms with van der Waals surface area (Å²) in [5.74, 6) is 1.69. The Bertz CT molecular complexity index is 372. The summed E-state index contributed by atoms with van der Waals surface area (Å²) in [6.07, 6.45) is 4.06. The van der Waals surface area contributed by atoms with Gasteiger partial charge in [0.15, 0.2) is 0 Å². The summed E-state index contributed by atoms with van der Waals surface area (Å²) in [4.78, 5) is 11.2. The molecule has 0 spiro atoms. The largest absolute Gasteiger partial charge is 0.467 e. The van der Waals surface area contributed by atoms with E-state index in [1.54, 1.807) is 6.07 Å². The minimum absolute atomic E-state index is 0.355. The Morgan fingerprint density at radius 1 is 1.71 bits per heavy atom. The molecule has 1 aromatic heterocycles. The quantitative estimate of drug-likeness (QED) is 0.816. The second-order valence-corrected chi connectivity index (χ2v) is 5.47. The van der Waals surface area contributed by atoms with Crippen molar-refractivity contribution in [2.45, 2.75) is 24.6 Å². The standard InChI is InChI=1S/C12H17NO3S/c1-15-12(14)9-5-10(16-8-9)6-13-7-11-3-2-4-17-11/h5,8,11,13H,2-4,6-7H2,1H3. The molecule has 1 fully saturated rings. The number of thioether (sulfide) groups is 1. The van der Waals surface area contributed by atoms with Crippen LogP contribution in [0.25, 0.3) is 0 Å². The molecule has 1 aromatic rings. The summed E-state index contributed by atoms with van der Waals surface area (Å²) in [5, 5.41) is 4.07. The third-order valence-electron chi connectivity index (χ3n) is 2.77. The Morgan fingerprint density at radius 3 is 3.29 bits per heavy atom. The average Bonchev–Trinajstić information content (AvgIpc) is 2.99. The summed E-state index contributed by atoms with van der Waals surface area (Å²) in [6.45, 7) is 1.66. The van der Waals surface area contributed by atoms with Crippen molar-refractivity contribution >= 4 is 17.7 Å². The number of methoxy groups -OCH3 is 1. The third-order valence-corrected chi connectivity index (χ3v) is 4.17. The van der Waals surface area contributed by atoms with Gasteiger partial charge in [-0.2, -0.15) is 11.8 Å². The van der Waals surface area contributed by atoms with E-state index in [1.807, 2.05) is 11.8 Å². The topological polar surface area (TPSA) is 51.5 Å². The number of nitrogens with one attached hydrogen (secondary N) is 1. The Hall–Kier alpha value is -0.940. The van der Waals surface area contributed by atoms with Gasteiger partial charge in [0.2, 0.25) is 0 Å². The molecule has 5 heteroatoms. The zero-order chi connectivity index (χ0) is 12.1. The number of furan rings is 1. The van der Waals surface area contributed by atoms with Gasteiger partial charge in [-0.25, -0.2) is 4.79 Å². The fourth-order valence-electron chi connectivity index (χ4n) is 1.86. The summed E-state index contributed by atoms with van der Waals surface area (Å²) in [6, 6.07) is 1.72. The minimum Gasteiger partial charge on any atom is -0.467 e. The lowest BCUT2D eigenvalue weighted by molar-refractivity contribution is 0.0600. The minimum atomic E-state index is -0.355. The molecular formula is C12H17NO3S. The van der Waals surface area contributed by atoms with Gasteiger partial charge in [-0.15, -0.1) is 0 Å². The van der Waals surface area contributed by atoms with Gasteiger partial charge < -0.3 is 14.5 Å². The summed E-state index contributed by atoms with van der Waals surface area (Å²) >= 11 is 2.02. The van der Waals surface area contributed by atoms with Crippen molar-refractivity contribution in [1.82, 2.24) is 5.32 Å². The van der Waals surface area contributed by atoms with Gasteiger partial charge in [0.05, 0.1) is 19.2 Å². The zero-order valence-corrected chi connectivity index (χ0v) is 10.7. The van der Waals surface area contributed by atoms with E-state index in [1.165, 1.54) is 32.0 Å². The van der Waals surface area contributed by atoms with Gasteiger partial charge in [-0.3, -0.25) is 0 Å². The van der Waals surface area contributed by atoms with Crippen LogP contribution in [-0.2, 0) is 11.3 Å². The molecule has 0 amide bonds. The molecule has 1 atom stereocenters. The SMILES string of the molecule is COC(=O)c1coc(CNCC2CCCS2)c1. The van der Waals surface area contributed by atoms with E-state index >= 15 is 0 Å². The van der Waals surface area contributed by atoms with Crippen LogP contribution in [0.3, 0.4) is 0 Å². The van der Waals surface area contributed by atoms with Crippen molar-refractivity contribution in [3.63, 3.8) is 0 Å². The Labute approximate surface area is 105 Å². The summed E-state index contributed by atoms with van der Waals surface area (Å²) in [5.41, 5.74) is 0.472. The second kappa shape index (κ2) is 6.12. The summed E-state index contributed by atoms with van der Waals surface area (Å²) < 4.78 is 9.89. The average molecular weight is 255 g/mol. The van der Waals surface area contributed by atoms with Crippen molar-refractivity contribution in [3.05, 3.63) is 23.7 Å². The molecular weight excluding hydrogens is 238 g/mol. The molecule has 1 aliphatic rings. The van der Waals surface area contributed by atoms with Crippen molar-refractivity contribution in [2.75, 3.05) is 19.4 Å². The number of hydrogen-bond donors (Lipinski definition) is 1. The molecule has 4 nitrogen and oxygen atoms in total. The highest BCUT2D eigenvalue weighted by atomic mass is 32.2. The number of ether oxygens (including phenoxy) is 1. The summed E-state index contributed by atoms with van der Waals surface area (Å²) in [7, 11) is 1.37. The normalized spacial score (nSPS) is 19.5. The van der Waals surface area contributed by atoms with Crippen molar-refractivity contribution in [1.29, 1.82) is 0 Å². The predicted octanol–water partition coefficient (Wildman–Crippen LogP) is 2.05. The van der Waals surface area contributed by atoms with E-state index < -0.39 is 0 Å². The van der Waals surface area contributed by atoms with Crippen LogP contribution in [-0.4, -0.2) is 30.6 Å². The van der Waals surface area contributed by atoms with Crippen LogP contribution in [0, 0.1) is 0 Å². The number of carbonyl (C=O) groups excluding carboxylic acids is 1. The van der Waals surface area contributed by atoms with E-state index in [4.69, 9.17) is 4.42 Å². The maximum Gasteiger partial charge on any atom is 0.341 e. The van der Waals surface area contributed by atoms with Crippen LogP contribution in [0.4, 0.5) is 0 Å². The Kier molecular flexibility index (Phi) is 4.50. The van der Waals surface area contributed by atoms with Gasteiger partial charge in [0.1, 0.15) is 12.0 Å². The first-order chi connectivity index (χ1) is 8.29. The van der Waals surface area contributed by atoms with Gasteiger partial charge in [-0.1, -0.05) is 0 Å². The maximum atomic E-state index is 11.2. The highest BCUT2D eigenvalue weighted by molar-refractivity contribution is 8.00. The molecule has 1 N–H and O–H groups in total. The molecule has 0 aromatic carbocycles. The Balaban J connectivity index is 1.74. The third kappa shape index (κ3) is 3.51.